The fourth-order valence-corrected chi connectivity index (χ4v) is 3.25. The molecule has 1 aromatic rings. The van der Waals surface area contributed by atoms with Gasteiger partial charge in [0.1, 0.15) is 0 Å². The fraction of sp³-hybridized carbons (Fsp3) is 0.647. The second-order valence-corrected chi connectivity index (χ2v) is 7.08. The molecule has 0 amide bonds. The SMILES string of the molecule is Cc1ccc2c(c1)C(NCC(C)(C)CN(C)C)CC2. The summed E-state index contributed by atoms with van der Waals surface area (Å²) in [6.45, 7) is 9.06. The zero-order valence-electron chi connectivity index (χ0n) is 13.1. The van der Waals surface area contributed by atoms with Crippen molar-refractivity contribution in [2.24, 2.45) is 5.41 Å². The summed E-state index contributed by atoms with van der Waals surface area (Å²) in [5, 5.41) is 3.78. The summed E-state index contributed by atoms with van der Waals surface area (Å²) in [7, 11) is 4.30. The Kier molecular flexibility index (Phi) is 4.32. The van der Waals surface area contributed by atoms with Crippen LogP contribution in [0.3, 0.4) is 0 Å². The molecule has 0 fully saturated rings. The van der Waals surface area contributed by atoms with Crippen LogP contribution in [0.4, 0.5) is 0 Å². The van der Waals surface area contributed by atoms with Crippen LogP contribution in [0.1, 0.15) is 43.0 Å². The Labute approximate surface area is 118 Å². The second-order valence-electron chi connectivity index (χ2n) is 7.08. The zero-order valence-corrected chi connectivity index (χ0v) is 13.1. The van der Waals surface area contributed by atoms with E-state index >= 15 is 0 Å². The average molecular weight is 260 g/mol. The van der Waals surface area contributed by atoms with Gasteiger partial charge in [-0.1, -0.05) is 37.6 Å². The van der Waals surface area contributed by atoms with Crippen LogP contribution in [0.15, 0.2) is 18.2 Å². The van der Waals surface area contributed by atoms with Crippen molar-refractivity contribution in [3.05, 3.63) is 34.9 Å². The highest BCUT2D eigenvalue weighted by Gasteiger charge is 2.25. The molecule has 0 aliphatic heterocycles. The van der Waals surface area contributed by atoms with Gasteiger partial charge in [-0.25, -0.2) is 0 Å². The van der Waals surface area contributed by atoms with E-state index in [-0.39, 0.29) is 0 Å². The molecule has 1 N–H and O–H groups in total. The fourth-order valence-electron chi connectivity index (χ4n) is 3.25. The van der Waals surface area contributed by atoms with Gasteiger partial charge in [-0.2, -0.15) is 0 Å². The van der Waals surface area contributed by atoms with Crippen LogP contribution in [0, 0.1) is 12.3 Å². The van der Waals surface area contributed by atoms with Crippen molar-refractivity contribution >= 4 is 0 Å². The first-order valence-electron chi connectivity index (χ1n) is 7.35. The van der Waals surface area contributed by atoms with Crippen LogP contribution < -0.4 is 5.32 Å². The molecule has 0 heterocycles. The molecule has 0 aromatic heterocycles. The van der Waals surface area contributed by atoms with Gasteiger partial charge in [0, 0.05) is 19.1 Å². The van der Waals surface area contributed by atoms with Gasteiger partial charge >= 0.3 is 0 Å². The van der Waals surface area contributed by atoms with E-state index in [1.54, 1.807) is 0 Å². The number of hydrogen-bond donors (Lipinski definition) is 1. The summed E-state index contributed by atoms with van der Waals surface area (Å²) in [5.41, 5.74) is 4.75. The highest BCUT2D eigenvalue weighted by atomic mass is 15.1. The Morgan fingerprint density at radius 3 is 2.74 bits per heavy atom. The van der Waals surface area contributed by atoms with Gasteiger partial charge in [0.15, 0.2) is 0 Å². The third kappa shape index (κ3) is 3.80. The first kappa shape index (κ1) is 14.5. The van der Waals surface area contributed by atoms with Crippen molar-refractivity contribution < 1.29 is 0 Å². The van der Waals surface area contributed by atoms with Crippen LogP contribution in [0.2, 0.25) is 0 Å². The van der Waals surface area contributed by atoms with Crippen molar-refractivity contribution in [1.82, 2.24) is 10.2 Å². The minimum absolute atomic E-state index is 0.316. The van der Waals surface area contributed by atoms with E-state index in [0.717, 1.165) is 13.1 Å². The van der Waals surface area contributed by atoms with Crippen LogP contribution in [0.5, 0.6) is 0 Å². The molecule has 2 nitrogen and oxygen atoms in total. The monoisotopic (exact) mass is 260 g/mol. The highest BCUT2D eigenvalue weighted by molar-refractivity contribution is 5.37. The quantitative estimate of drug-likeness (QED) is 0.875. The van der Waals surface area contributed by atoms with Crippen LogP contribution >= 0.6 is 0 Å². The summed E-state index contributed by atoms with van der Waals surface area (Å²) < 4.78 is 0. The number of nitrogens with zero attached hydrogens (tertiary/aromatic N) is 1. The van der Waals surface area contributed by atoms with E-state index in [4.69, 9.17) is 0 Å². The molecule has 1 aromatic carbocycles. The predicted molar refractivity (Wildman–Crippen MR) is 82.6 cm³/mol. The van der Waals surface area contributed by atoms with E-state index in [0.29, 0.717) is 11.5 Å². The lowest BCUT2D eigenvalue weighted by Crippen LogP contribution is -2.38. The van der Waals surface area contributed by atoms with Gasteiger partial charge in [-0.05, 0) is 50.4 Å². The molecule has 0 spiro atoms. The third-order valence-corrected chi connectivity index (χ3v) is 3.95. The normalized spacial score (nSPS) is 18.9. The number of aryl methyl sites for hydroxylation is 2. The van der Waals surface area contributed by atoms with E-state index in [1.165, 1.54) is 29.5 Å². The van der Waals surface area contributed by atoms with Gasteiger partial charge in [0.2, 0.25) is 0 Å². The van der Waals surface area contributed by atoms with Crippen molar-refractivity contribution in [1.29, 1.82) is 0 Å². The van der Waals surface area contributed by atoms with E-state index in [9.17, 15) is 0 Å². The van der Waals surface area contributed by atoms with Gasteiger partial charge in [0.25, 0.3) is 0 Å². The smallest absolute Gasteiger partial charge is 0.0326 e. The Morgan fingerprint density at radius 1 is 1.32 bits per heavy atom. The van der Waals surface area contributed by atoms with Crippen LogP contribution in [-0.2, 0) is 6.42 Å². The lowest BCUT2D eigenvalue weighted by molar-refractivity contribution is 0.225. The maximum atomic E-state index is 3.78. The number of benzene rings is 1. The van der Waals surface area contributed by atoms with Gasteiger partial charge in [-0.15, -0.1) is 0 Å². The Morgan fingerprint density at radius 2 is 2.05 bits per heavy atom. The number of hydrogen-bond acceptors (Lipinski definition) is 2. The Bertz CT molecular complexity index is 435. The minimum Gasteiger partial charge on any atom is -0.309 e. The molecular formula is C17H28N2. The van der Waals surface area contributed by atoms with Crippen molar-refractivity contribution in [3.8, 4) is 0 Å². The molecule has 106 valence electrons. The first-order chi connectivity index (χ1) is 8.87. The topological polar surface area (TPSA) is 15.3 Å². The van der Waals surface area contributed by atoms with Crippen molar-refractivity contribution in [3.63, 3.8) is 0 Å². The largest absolute Gasteiger partial charge is 0.309 e. The lowest BCUT2D eigenvalue weighted by atomic mass is 9.92. The van der Waals surface area contributed by atoms with Crippen LogP contribution in [-0.4, -0.2) is 32.1 Å². The van der Waals surface area contributed by atoms with E-state index in [1.807, 2.05) is 0 Å². The molecule has 1 unspecified atom stereocenters. The molecule has 1 atom stereocenters. The Balaban J connectivity index is 1.98. The molecule has 1 aliphatic carbocycles. The number of fused-ring (bicyclic) bond motifs is 1. The van der Waals surface area contributed by atoms with Gasteiger partial charge < -0.3 is 10.2 Å². The maximum absolute atomic E-state index is 3.78. The number of rotatable bonds is 5. The summed E-state index contributed by atoms with van der Waals surface area (Å²) in [6.07, 6.45) is 2.47. The lowest BCUT2D eigenvalue weighted by Gasteiger charge is -2.30. The van der Waals surface area contributed by atoms with Crippen molar-refractivity contribution in [2.45, 2.75) is 39.7 Å². The molecule has 0 bridgehead atoms. The molecule has 19 heavy (non-hydrogen) atoms. The number of nitrogens with one attached hydrogen (secondary N) is 1. The van der Waals surface area contributed by atoms with Crippen LogP contribution in [0.25, 0.3) is 0 Å². The zero-order chi connectivity index (χ0) is 14.0. The highest BCUT2D eigenvalue weighted by Crippen LogP contribution is 2.32. The molecular weight excluding hydrogens is 232 g/mol. The Hall–Kier alpha value is -0.860. The third-order valence-electron chi connectivity index (χ3n) is 3.95. The van der Waals surface area contributed by atoms with Gasteiger partial charge in [0.05, 0.1) is 0 Å². The predicted octanol–water partition coefficient (Wildman–Crippen LogP) is 3.16. The summed E-state index contributed by atoms with van der Waals surface area (Å²) in [6, 6.07) is 7.45. The molecule has 2 rings (SSSR count). The van der Waals surface area contributed by atoms with E-state index in [2.05, 4.69) is 63.3 Å². The summed E-state index contributed by atoms with van der Waals surface area (Å²) in [5.74, 6) is 0. The maximum Gasteiger partial charge on any atom is 0.0326 e. The first-order valence-corrected chi connectivity index (χ1v) is 7.35. The summed E-state index contributed by atoms with van der Waals surface area (Å²) in [4.78, 5) is 2.27. The van der Waals surface area contributed by atoms with Gasteiger partial charge in [-0.3, -0.25) is 0 Å². The standard InChI is InChI=1S/C17H28N2/c1-13-6-7-14-8-9-16(15(14)10-13)18-11-17(2,3)12-19(4)5/h6-7,10,16,18H,8-9,11-12H2,1-5H3. The summed E-state index contributed by atoms with van der Waals surface area (Å²) >= 11 is 0. The molecule has 0 radical (unpaired) electrons. The minimum atomic E-state index is 0.316. The van der Waals surface area contributed by atoms with E-state index < -0.39 is 0 Å². The molecule has 0 saturated heterocycles. The second kappa shape index (κ2) is 5.64. The molecule has 2 heteroatoms. The molecule has 0 saturated carbocycles. The van der Waals surface area contributed by atoms with Crippen molar-refractivity contribution in [2.75, 3.05) is 27.2 Å². The molecule has 1 aliphatic rings. The average Bonchev–Trinajstić information content (AvgIpc) is 2.67.